The Morgan fingerprint density at radius 2 is 1.86 bits per heavy atom. The Balaban J connectivity index is 1.59. The van der Waals surface area contributed by atoms with Crippen molar-refractivity contribution in [3.05, 3.63) is 35.3 Å². The highest BCUT2D eigenvalue weighted by atomic mass is 16.6. The van der Waals surface area contributed by atoms with Crippen LogP contribution in [0, 0.1) is 0 Å². The van der Waals surface area contributed by atoms with E-state index >= 15 is 0 Å². The number of rotatable bonds is 6. The molecule has 0 spiro atoms. The maximum Gasteiger partial charge on any atom is 0.411 e. The van der Waals surface area contributed by atoms with Gasteiger partial charge in [-0.25, -0.2) is 9.59 Å². The van der Waals surface area contributed by atoms with E-state index in [1.807, 2.05) is 13.8 Å². The smallest absolute Gasteiger partial charge is 0.411 e. The largest absolute Gasteiger partial charge is 0.479 e. The summed E-state index contributed by atoms with van der Waals surface area (Å²) in [7, 11) is 0. The number of carboxylic acid groups (broad SMARTS) is 1. The van der Waals surface area contributed by atoms with Gasteiger partial charge in [0.05, 0.1) is 23.8 Å². The van der Waals surface area contributed by atoms with Crippen molar-refractivity contribution in [1.29, 1.82) is 0 Å². The summed E-state index contributed by atoms with van der Waals surface area (Å²) in [4.78, 5) is 58.8. The molecule has 2 aromatic heterocycles. The zero-order valence-electron chi connectivity index (χ0n) is 25.3. The molecule has 228 valence electrons. The molecule has 2 aliphatic rings. The lowest BCUT2D eigenvalue weighted by Crippen LogP contribution is -2.67. The maximum absolute atomic E-state index is 13.3. The summed E-state index contributed by atoms with van der Waals surface area (Å²) < 4.78 is 16.9. The second kappa shape index (κ2) is 10.8. The monoisotopic (exact) mass is 585 g/mol. The highest BCUT2D eigenvalue weighted by Crippen LogP contribution is 2.33. The molecule has 13 nitrogen and oxygen atoms in total. The number of carbonyl (C=O) groups excluding carboxylic acids is 3. The first-order chi connectivity index (χ1) is 19.4. The summed E-state index contributed by atoms with van der Waals surface area (Å²) >= 11 is 0. The van der Waals surface area contributed by atoms with Crippen LogP contribution in [0.5, 0.6) is 5.88 Å². The molecule has 1 atom stereocenters. The van der Waals surface area contributed by atoms with Gasteiger partial charge < -0.3 is 34.5 Å². The van der Waals surface area contributed by atoms with Gasteiger partial charge in [0, 0.05) is 25.0 Å². The number of aliphatic carboxylic acids is 1. The van der Waals surface area contributed by atoms with Crippen LogP contribution in [0.2, 0.25) is 0 Å². The second-order valence-corrected chi connectivity index (χ2v) is 12.7. The van der Waals surface area contributed by atoms with Crippen molar-refractivity contribution >= 4 is 35.4 Å². The highest BCUT2D eigenvalue weighted by molar-refractivity contribution is 6.13. The third kappa shape index (κ3) is 6.29. The van der Waals surface area contributed by atoms with Crippen molar-refractivity contribution in [3.63, 3.8) is 0 Å². The number of nitrogens with zero attached hydrogens (tertiary/aromatic N) is 3. The fraction of sp³-hybridized carbons (Fsp3) is 0.552. The molecule has 0 aromatic carbocycles. The summed E-state index contributed by atoms with van der Waals surface area (Å²) in [5, 5.41) is 15.8. The number of nitrogens with one attached hydrogen (secondary N) is 2. The number of amides is 3. The van der Waals surface area contributed by atoms with E-state index in [-0.39, 0.29) is 54.3 Å². The number of carbonyl (C=O) groups is 4. The Labute approximate surface area is 244 Å². The Morgan fingerprint density at radius 1 is 1.17 bits per heavy atom. The van der Waals surface area contributed by atoms with Crippen LogP contribution < -0.4 is 20.3 Å². The lowest BCUT2D eigenvalue weighted by atomic mass is 9.91. The van der Waals surface area contributed by atoms with E-state index in [0.717, 1.165) is 0 Å². The van der Waals surface area contributed by atoms with Crippen molar-refractivity contribution in [2.24, 2.45) is 0 Å². The van der Waals surface area contributed by atoms with E-state index in [1.54, 1.807) is 51.7 Å². The zero-order chi connectivity index (χ0) is 31.2. The predicted molar refractivity (Wildman–Crippen MR) is 153 cm³/mol. The average Bonchev–Trinajstić information content (AvgIpc) is 3.26. The van der Waals surface area contributed by atoms with Gasteiger partial charge in [0.1, 0.15) is 29.1 Å². The van der Waals surface area contributed by atoms with E-state index in [4.69, 9.17) is 13.9 Å². The Bertz CT molecular complexity index is 1410. The minimum atomic E-state index is -1.59. The van der Waals surface area contributed by atoms with Crippen molar-refractivity contribution in [3.8, 4) is 5.88 Å². The molecule has 3 N–H and O–H groups in total. The summed E-state index contributed by atoms with van der Waals surface area (Å²) in [6.45, 7) is 14.3. The topological polar surface area (TPSA) is 164 Å². The van der Waals surface area contributed by atoms with Crippen molar-refractivity contribution in [2.45, 2.75) is 84.6 Å². The number of fused-ring (bicyclic) bond motifs is 1. The van der Waals surface area contributed by atoms with E-state index in [9.17, 15) is 24.3 Å². The molecule has 13 heteroatoms. The van der Waals surface area contributed by atoms with Crippen LogP contribution in [0.1, 0.15) is 81.9 Å². The fourth-order valence-corrected chi connectivity index (χ4v) is 4.96. The summed E-state index contributed by atoms with van der Waals surface area (Å²) in [5.74, 6) is -1.18. The molecule has 1 saturated heterocycles. The number of hydrogen-bond donors (Lipinski definition) is 3. The quantitative estimate of drug-likeness (QED) is 0.456. The molecule has 0 aliphatic carbocycles. The molecule has 0 unspecified atom stereocenters. The van der Waals surface area contributed by atoms with Crippen molar-refractivity contribution in [1.82, 2.24) is 15.2 Å². The molecule has 2 aliphatic heterocycles. The maximum atomic E-state index is 13.3. The van der Waals surface area contributed by atoms with Crippen LogP contribution in [0.3, 0.4) is 0 Å². The van der Waals surface area contributed by atoms with Gasteiger partial charge in [-0.2, -0.15) is 4.98 Å². The van der Waals surface area contributed by atoms with Gasteiger partial charge in [0.15, 0.2) is 5.54 Å². The minimum absolute atomic E-state index is 0.0615. The first-order valence-corrected chi connectivity index (χ1v) is 13.8. The standard InChI is InChI=1S/C29H39N5O8/c1-16(2)41-24-18(30-22(35)17-14-40-19-13-28(6,7)32-23(36)21(17)19)9-10-20(31-24)33-11-12-34(26(39)42-27(3,4)5)29(8,15-33)25(37)38/h9-10,14,16H,11-13,15H2,1-8H3,(H,30,35)(H,32,36)(H,37,38)/t29-/m0/s1. The number of piperazine rings is 1. The van der Waals surface area contributed by atoms with E-state index in [1.165, 1.54) is 18.1 Å². The Hall–Kier alpha value is -4.29. The Kier molecular flexibility index (Phi) is 7.92. The predicted octanol–water partition coefficient (Wildman–Crippen LogP) is 3.68. The first kappa shape index (κ1) is 30.7. The third-order valence-corrected chi connectivity index (χ3v) is 6.92. The van der Waals surface area contributed by atoms with Crippen molar-refractivity contribution < 1.29 is 38.2 Å². The molecule has 0 saturated carbocycles. The SMILES string of the molecule is CC(C)Oc1nc(N2CCN(C(=O)OC(C)(C)C)[C@](C)(C(=O)O)C2)ccc1NC(=O)c1coc2c1C(=O)NC(C)(C)C2. The number of anilines is 2. The minimum Gasteiger partial charge on any atom is -0.479 e. The average molecular weight is 586 g/mol. The van der Waals surface area contributed by atoms with Crippen LogP contribution in [0.25, 0.3) is 0 Å². The van der Waals surface area contributed by atoms with Crippen LogP contribution in [-0.2, 0) is 16.0 Å². The van der Waals surface area contributed by atoms with Gasteiger partial charge in [0.2, 0.25) is 5.88 Å². The number of carboxylic acids is 1. The highest BCUT2D eigenvalue weighted by Gasteiger charge is 2.48. The molecule has 42 heavy (non-hydrogen) atoms. The van der Waals surface area contributed by atoms with Crippen molar-refractivity contribution in [2.75, 3.05) is 29.9 Å². The zero-order valence-corrected chi connectivity index (χ0v) is 25.3. The number of ether oxygens (including phenoxy) is 2. The lowest BCUT2D eigenvalue weighted by Gasteiger charge is -2.46. The number of furan rings is 1. The fourth-order valence-electron chi connectivity index (χ4n) is 4.96. The summed E-state index contributed by atoms with van der Waals surface area (Å²) in [6.07, 6.45) is 0.699. The number of pyridine rings is 1. The van der Waals surface area contributed by atoms with Crippen LogP contribution in [-0.4, -0.2) is 81.3 Å². The molecule has 4 heterocycles. The second-order valence-electron chi connectivity index (χ2n) is 12.7. The molecular weight excluding hydrogens is 546 g/mol. The van der Waals surface area contributed by atoms with Crippen LogP contribution in [0.15, 0.2) is 22.8 Å². The normalized spacial score (nSPS) is 20.1. The first-order valence-electron chi connectivity index (χ1n) is 13.8. The molecule has 0 bridgehead atoms. The summed E-state index contributed by atoms with van der Waals surface area (Å²) in [5.41, 5.74) is -2.33. The summed E-state index contributed by atoms with van der Waals surface area (Å²) in [6, 6.07) is 3.24. The van der Waals surface area contributed by atoms with Gasteiger partial charge >= 0.3 is 12.1 Å². The van der Waals surface area contributed by atoms with Crippen LogP contribution in [0.4, 0.5) is 16.3 Å². The Morgan fingerprint density at radius 3 is 2.48 bits per heavy atom. The number of hydrogen-bond acceptors (Lipinski definition) is 9. The van der Waals surface area contributed by atoms with E-state index in [2.05, 4.69) is 15.6 Å². The molecule has 4 rings (SSSR count). The van der Waals surface area contributed by atoms with Gasteiger partial charge in [-0.05, 0) is 67.5 Å². The molecule has 2 aromatic rings. The van der Waals surface area contributed by atoms with Gasteiger partial charge in [-0.3, -0.25) is 14.5 Å². The number of aromatic nitrogens is 1. The lowest BCUT2D eigenvalue weighted by molar-refractivity contribution is -0.150. The molecule has 0 radical (unpaired) electrons. The van der Waals surface area contributed by atoms with Gasteiger partial charge in [-0.1, -0.05) is 0 Å². The van der Waals surface area contributed by atoms with Gasteiger partial charge in [0.25, 0.3) is 11.8 Å². The van der Waals surface area contributed by atoms with Crippen LogP contribution >= 0.6 is 0 Å². The molecule has 3 amide bonds. The molecular formula is C29H39N5O8. The molecule has 1 fully saturated rings. The van der Waals surface area contributed by atoms with Gasteiger partial charge in [-0.15, -0.1) is 0 Å². The van der Waals surface area contributed by atoms with E-state index in [0.29, 0.717) is 18.0 Å². The van der Waals surface area contributed by atoms with E-state index < -0.39 is 34.6 Å². The third-order valence-electron chi connectivity index (χ3n) is 6.92.